The number of aromatic amines is 1. The molecule has 1 aromatic carbocycles. The van der Waals surface area contributed by atoms with Gasteiger partial charge in [-0.15, -0.1) is 0 Å². The molecule has 1 aliphatic rings. The number of halogens is 1. The van der Waals surface area contributed by atoms with Crippen molar-refractivity contribution in [2.75, 3.05) is 20.7 Å². The average molecular weight is 427 g/mol. The van der Waals surface area contributed by atoms with Gasteiger partial charge in [-0.2, -0.15) is 9.40 Å². The lowest BCUT2D eigenvalue weighted by Crippen LogP contribution is -2.49. The van der Waals surface area contributed by atoms with Gasteiger partial charge in [0.1, 0.15) is 6.61 Å². The van der Waals surface area contributed by atoms with Gasteiger partial charge in [0.2, 0.25) is 10.0 Å². The molecule has 0 unspecified atom stereocenters. The molecule has 0 saturated heterocycles. The zero-order valence-corrected chi connectivity index (χ0v) is 17.5. The Balaban J connectivity index is 2.01. The van der Waals surface area contributed by atoms with Crippen LogP contribution in [0, 0.1) is 0 Å². The number of ether oxygens (including phenoxy) is 1. The highest BCUT2D eigenvalue weighted by molar-refractivity contribution is 7.89. The number of carbonyl (C=O) groups excluding carboxylic acids is 1. The normalized spacial score (nSPS) is 19.9. The number of nitrogens with one attached hydrogen (secondary N) is 1. The molecule has 0 aliphatic carbocycles. The van der Waals surface area contributed by atoms with Gasteiger partial charge in [-0.05, 0) is 30.7 Å². The fourth-order valence-corrected chi connectivity index (χ4v) is 5.39. The third-order valence-electron chi connectivity index (χ3n) is 4.76. The molecule has 8 nitrogen and oxygen atoms in total. The van der Waals surface area contributed by atoms with Crippen molar-refractivity contribution in [1.82, 2.24) is 19.4 Å². The molecule has 0 fully saturated rings. The Labute approximate surface area is 169 Å². The summed E-state index contributed by atoms with van der Waals surface area (Å²) in [6.07, 6.45) is 2.07. The first-order valence-corrected chi connectivity index (χ1v) is 10.7. The lowest BCUT2D eigenvalue weighted by molar-refractivity contribution is 0.0817. The molecule has 1 aliphatic heterocycles. The molecule has 10 heteroatoms. The van der Waals surface area contributed by atoms with Crippen molar-refractivity contribution in [3.8, 4) is 0 Å². The Morgan fingerprint density at radius 1 is 1.36 bits per heavy atom. The average Bonchev–Trinajstić information content (AvgIpc) is 3.13. The molecular weight excluding hydrogens is 404 g/mol. The zero-order valence-electron chi connectivity index (χ0n) is 15.9. The highest BCUT2D eigenvalue weighted by atomic mass is 35.5. The summed E-state index contributed by atoms with van der Waals surface area (Å²) in [6, 6.07) is 5.10. The zero-order chi connectivity index (χ0) is 20.5. The number of hydrogen-bond acceptors (Lipinski definition) is 5. The minimum Gasteiger partial charge on any atom is -0.448 e. The number of fused-ring (bicyclic) bond motifs is 1. The minimum absolute atomic E-state index is 0.0568. The predicted molar refractivity (Wildman–Crippen MR) is 105 cm³/mol. The van der Waals surface area contributed by atoms with Crippen molar-refractivity contribution >= 4 is 27.7 Å². The van der Waals surface area contributed by atoms with Crippen molar-refractivity contribution in [1.29, 1.82) is 0 Å². The van der Waals surface area contributed by atoms with Gasteiger partial charge in [-0.1, -0.05) is 18.5 Å². The molecule has 2 aromatic rings. The summed E-state index contributed by atoms with van der Waals surface area (Å²) >= 11 is 5.92. The fourth-order valence-electron chi connectivity index (χ4n) is 3.41. The van der Waals surface area contributed by atoms with Gasteiger partial charge in [-0.3, -0.25) is 5.10 Å². The number of sulfonamides is 1. The number of nitrogens with zero attached hydrogens (tertiary/aromatic N) is 3. The third kappa shape index (κ3) is 3.87. The first-order valence-electron chi connectivity index (χ1n) is 8.91. The van der Waals surface area contributed by atoms with E-state index in [2.05, 4.69) is 10.2 Å². The molecule has 0 saturated carbocycles. The molecule has 1 aromatic heterocycles. The monoisotopic (exact) mass is 426 g/mol. The van der Waals surface area contributed by atoms with Crippen molar-refractivity contribution < 1.29 is 17.9 Å². The second-order valence-corrected chi connectivity index (χ2v) is 9.13. The Morgan fingerprint density at radius 2 is 2.04 bits per heavy atom. The lowest BCUT2D eigenvalue weighted by Gasteiger charge is -2.40. The highest BCUT2D eigenvalue weighted by Gasteiger charge is 2.43. The topological polar surface area (TPSA) is 95.6 Å². The highest BCUT2D eigenvalue weighted by Crippen LogP contribution is 2.38. The molecule has 0 spiro atoms. The van der Waals surface area contributed by atoms with E-state index in [0.717, 1.165) is 11.3 Å². The van der Waals surface area contributed by atoms with E-state index in [1.165, 1.54) is 21.3 Å². The Bertz CT molecular complexity index is 943. The number of rotatable bonds is 5. The van der Waals surface area contributed by atoms with Crippen LogP contribution in [0.4, 0.5) is 4.79 Å². The van der Waals surface area contributed by atoms with Crippen molar-refractivity contribution in [3.63, 3.8) is 0 Å². The number of hydrogen-bond donors (Lipinski definition) is 1. The van der Waals surface area contributed by atoms with E-state index >= 15 is 0 Å². The van der Waals surface area contributed by atoms with E-state index in [4.69, 9.17) is 16.3 Å². The molecule has 28 heavy (non-hydrogen) atoms. The number of H-pyrrole nitrogens is 1. The summed E-state index contributed by atoms with van der Waals surface area (Å²) in [7, 11) is -0.697. The van der Waals surface area contributed by atoms with Crippen LogP contribution in [0.5, 0.6) is 0 Å². The molecule has 2 atom stereocenters. The van der Waals surface area contributed by atoms with Crippen molar-refractivity contribution in [2.45, 2.75) is 36.7 Å². The van der Waals surface area contributed by atoms with Crippen LogP contribution in [0.25, 0.3) is 0 Å². The minimum atomic E-state index is -3.85. The number of carbonyl (C=O) groups is 1. The van der Waals surface area contributed by atoms with Crippen LogP contribution in [0.1, 0.15) is 30.6 Å². The smallest absolute Gasteiger partial charge is 0.409 e. The quantitative estimate of drug-likeness (QED) is 0.793. The lowest BCUT2D eigenvalue weighted by atomic mass is 9.95. The summed E-state index contributed by atoms with van der Waals surface area (Å²) < 4.78 is 33.8. The van der Waals surface area contributed by atoms with Crippen LogP contribution in [0.2, 0.25) is 5.02 Å². The van der Waals surface area contributed by atoms with Crippen molar-refractivity contribution in [3.05, 3.63) is 46.7 Å². The second-order valence-electron chi connectivity index (χ2n) is 6.85. The number of aromatic nitrogens is 2. The van der Waals surface area contributed by atoms with Crippen LogP contribution in [0.15, 0.2) is 35.4 Å². The van der Waals surface area contributed by atoms with Gasteiger partial charge < -0.3 is 9.64 Å². The van der Waals surface area contributed by atoms with Crippen LogP contribution in [-0.2, 0) is 21.2 Å². The maximum atomic E-state index is 13.5. The van der Waals surface area contributed by atoms with Crippen LogP contribution in [-0.4, -0.2) is 60.7 Å². The Hall–Kier alpha value is -2.10. The number of amides is 1. The molecule has 0 radical (unpaired) electrons. The van der Waals surface area contributed by atoms with E-state index < -0.39 is 28.2 Å². The summed E-state index contributed by atoms with van der Waals surface area (Å²) in [5, 5.41) is 7.48. The standard InChI is InChI=1S/C18H23ClN4O4S/c1-4-17-15-10-20-21-16(15)9-13(11-27-18(24)22(2)3)23(17)28(25,26)14-7-5-12(19)6-8-14/h5-8,10,13,17H,4,9,11H2,1-3H3,(H,20,21)/t13-,17-/m0/s1. The Morgan fingerprint density at radius 3 is 2.64 bits per heavy atom. The molecular formula is C18H23ClN4O4S. The maximum absolute atomic E-state index is 13.5. The van der Waals surface area contributed by atoms with Crippen LogP contribution >= 0.6 is 11.6 Å². The molecule has 1 N–H and O–H groups in total. The van der Waals surface area contributed by atoms with E-state index in [-0.39, 0.29) is 11.5 Å². The van der Waals surface area contributed by atoms with Gasteiger partial charge in [0.25, 0.3) is 0 Å². The second kappa shape index (κ2) is 8.10. The molecule has 1 amide bonds. The van der Waals surface area contributed by atoms with Gasteiger partial charge in [0.05, 0.1) is 23.2 Å². The maximum Gasteiger partial charge on any atom is 0.409 e. The van der Waals surface area contributed by atoms with Crippen LogP contribution < -0.4 is 0 Å². The van der Waals surface area contributed by atoms with Gasteiger partial charge in [0, 0.05) is 36.8 Å². The van der Waals surface area contributed by atoms with Gasteiger partial charge in [0.15, 0.2) is 0 Å². The van der Waals surface area contributed by atoms with Gasteiger partial charge in [-0.25, -0.2) is 13.2 Å². The molecule has 3 rings (SSSR count). The summed E-state index contributed by atoms with van der Waals surface area (Å²) in [6.45, 7) is 1.86. The number of benzene rings is 1. The molecule has 152 valence electrons. The Kier molecular flexibility index (Phi) is 5.97. The van der Waals surface area contributed by atoms with Crippen molar-refractivity contribution in [2.24, 2.45) is 0 Å². The van der Waals surface area contributed by atoms with Crippen LogP contribution in [0.3, 0.4) is 0 Å². The summed E-state index contributed by atoms with van der Waals surface area (Å²) in [5.74, 6) is 0. The largest absolute Gasteiger partial charge is 0.448 e. The SMILES string of the molecule is CC[C@H]1c2cn[nH]c2C[C@@H](COC(=O)N(C)C)N1S(=O)(=O)c1ccc(Cl)cc1. The summed E-state index contributed by atoms with van der Waals surface area (Å²) in [4.78, 5) is 13.3. The first-order chi connectivity index (χ1) is 13.3. The first kappa shape index (κ1) is 20.6. The van der Waals surface area contributed by atoms with E-state index in [1.807, 2.05) is 6.92 Å². The summed E-state index contributed by atoms with van der Waals surface area (Å²) in [5.41, 5.74) is 1.70. The molecule has 2 heterocycles. The fraction of sp³-hybridized carbons (Fsp3) is 0.444. The molecule has 0 bridgehead atoms. The predicted octanol–water partition coefficient (Wildman–Crippen LogP) is 2.83. The van der Waals surface area contributed by atoms with E-state index in [9.17, 15) is 13.2 Å². The van der Waals surface area contributed by atoms with Gasteiger partial charge >= 0.3 is 6.09 Å². The van der Waals surface area contributed by atoms with E-state index in [0.29, 0.717) is 17.9 Å². The third-order valence-corrected chi connectivity index (χ3v) is 6.99. The van der Waals surface area contributed by atoms with E-state index in [1.54, 1.807) is 32.4 Å².